The summed E-state index contributed by atoms with van der Waals surface area (Å²) >= 11 is 5.78. The van der Waals surface area contributed by atoms with Crippen LogP contribution < -0.4 is 4.72 Å². The van der Waals surface area contributed by atoms with Crippen LogP contribution in [0.15, 0.2) is 47.4 Å². The first kappa shape index (κ1) is 16.0. The number of rotatable bonds is 5. The molecular formula is C16H18ClNO2S. The minimum Gasteiger partial charge on any atom is -0.207 e. The SMILES string of the molecule is Cc1ccc(S(=O)(=O)NCc2cccc(CCl)c2)cc1C. The molecule has 0 aromatic heterocycles. The number of halogens is 1. The van der Waals surface area contributed by atoms with E-state index in [1.807, 2.05) is 44.2 Å². The fourth-order valence-corrected chi connectivity index (χ4v) is 3.23. The standard InChI is InChI=1S/C16H18ClNO2S/c1-12-6-7-16(8-13(12)2)21(19,20)18-11-15-5-3-4-14(9-15)10-17/h3-9,18H,10-11H2,1-2H3. The van der Waals surface area contributed by atoms with Crippen LogP contribution in [-0.4, -0.2) is 8.42 Å². The van der Waals surface area contributed by atoms with E-state index in [1.165, 1.54) is 0 Å². The first-order valence-electron chi connectivity index (χ1n) is 6.63. The number of hydrogen-bond acceptors (Lipinski definition) is 2. The fraction of sp³-hybridized carbons (Fsp3) is 0.250. The minimum absolute atomic E-state index is 0.250. The molecule has 5 heteroatoms. The summed E-state index contributed by atoms with van der Waals surface area (Å²) in [5, 5.41) is 0. The van der Waals surface area contributed by atoms with E-state index in [0.717, 1.165) is 22.3 Å². The second-order valence-electron chi connectivity index (χ2n) is 5.02. The topological polar surface area (TPSA) is 46.2 Å². The molecule has 1 N–H and O–H groups in total. The zero-order valence-corrected chi connectivity index (χ0v) is 13.6. The molecule has 2 aromatic rings. The monoisotopic (exact) mass is 323 g/mol. The van der Waals surface area contributed by atoms with Crippen LogP contribution in [0.2, 0.25) is 0 Å². The maximum atomic E-state index is 12.3. The van der Waals surface area contributed by atoms with Crippen LogP contribution in [0.3, 0.4) is 0 Å². The highest BCUT2D eigenvalue weighted by Crippen LogP contribution is 2.15. The van der Waals surface area contributed by atoms with Gasteiger partial charge >= 0.3 is 0 Å². The number of nitrogens with one attached hydrogen (secondary N) is 1. The summed E-state index contributed by atoms with van der Waals surface area (Å²) in [5.41, 5.74) is 3.89. The van der Waals surface area contributed by atoms with Crippen molar-refractivity contribution in [3.63, 3.8) is 0 Å². The molecule has 2 aromatic carbocycles. The molecule has 0 aliphatic rings. The van der Waals surface area contributed by atoms with Gasteiger partial charge < -0.3 is 0 Å². The third-order valence-corrected chi connectivity index (χ3v) is 5.11. The Morgan fingerprint density at radius 3 is 2.38 bits per heavy atom. The highest BCUT2D eigenvalue weighted by atomic mass is 35.5. The quantitative estimate of drug-likeness (QED) is 0.856. The number of aryl methyl sites for hydroxylation is 2. The van der Waals surface area contributed by atoms with Gasteiger partial charge in [-0.25, -0.2) is 13.1 Å². The van der Waals surface area contributed by atoms with Gasteiger partial charge in [0, 0.05) is 12.4 Å². The van der Waals surface area contributed by atoms with E-state index in [4.69, 9.17) is 11.6 Å². The van der Waals surface area contributed by atoms with Crippen LogP contribution in [0, 0.1) is 13.8 Å². The Balaban J connectivity index is 2.15. The minimum atomic E-state index is -3.50. The molecule has 0 atom stereocenters. The van der Waals surface area contributed by atoms with Gasteiger partial charge in [-0.15, -0.1) is 11.6 Å². The lowest BCUT2D eigenvalue weighted by Crippen LogP contribution is -2.23. The second kappa shape index (κ2) is 6.60. The van der Waals surface area contributed by atoms with E-state index in [0.29, 0.717) is 10.8 Å². The largest absolute Gasteiger partial charge is 0.240 e. The average molecular weight is 324 g/mol. The molecule has 0 aliphatic carbocycles. The van der Waals surface area contributed by atoms with Gasteiger partial charge in [0.15, 0.2) is 0 Å². The molecule has 0 saturated heterocycles. The first-order chi connectivity index (χ1) is 9.92. The molecule has 0 unspecified atom stereocenters. The van der Waals surface area contributed by atoms with Crippen molar-refractivity contribution in [2.75, 3.05) is 0 Å². The lowest BCUT2D eigenvalue weighted by Gasteiger charge is -2.09. The smallest absolute Gasteiger partial charge is 0.207 e. The zero-order chi connectivity index (χ0) is 15.5. The van der Waals surface area contributed by atoms with Gasteiger partial charge in [-0.1, -0.05) is 30.3 Å². The molecule has 0 fully saturated rings. The third-order valence-electron chi connectivity index (χ3n) is 3.40. The van der Waals surface area contributed by atoms with E-state index in [-0.39, 0.29) is 6.54 Å². The van der Waals surface area contributed by atoms with Crippen molar-refractivity contribution in [3.05, 3.63) is 64.7 Å². The van der Waals surface area contributed by atoms with Crippen molar-refractivity contribution in [1.29, 1.82) is 0 Å². The van der Waals surface area contributed by atoms with Crippen LogP contribution in [0.1, 0.15) is 22.3 Å². The van der Waals surface area contributed by atoms with Crippen molar-refractivity contribution in [3.8, 4) is 0 Å². The molecule has 112 valence electrons. The van der Waals surface area contributed by atoms with Gasteiger partial charge in [0.05, 0.1) is 4.90 Å². The molecule has 0 heterocycles. The molecule has 0 amide bonds. The Morgan fingerprint density at radius 2 is 1.71 bits per heavy atom. The van der Waals surface area contributed by atoms with Crippen molar-refractivity contribution in [2.45, 2.75) is 31.2 Å². The summed E-state index contributed by atoms with van der Waals surface area (Å²) < 4.78 is 27.2. The third kappa shape index (κ3) is 4.06. The molecule has 0 aliphatic heterocycles. The summed E-state index contributed by atoms with van der Waals surface area (Å²) in [4.78, 5) is 0.291. The van der Waals surface area contributed by atoms with E-state index >= 15 is 0 Å². The van der Waals surface area contributed by atoms with Gasteiger partial charge in [0.2, 0.25) is 10.0 Å². The number of sulfonamides is 1. The number of alkyl halides is 1. The van der Waals surface area contributed by atoms with E-state index in [1.54, 1.807) is 12.1 Å². The van der Waals surface area contributed by atoms with Crippen LogP contribution in [-0.2, 0) is 22.4 Å². The van der Waals surface area contributed by atoms with E-state index in [9.17, 15) is 8.42 Å². The highest BCUT2D eigenvalue weighted by molar-refractivity contribution is 7.89. The lowest BCUT2D eigenvalue weighted by molar-refractivity contribution is 0.581. The predicted molar refractivity (Wildman–Crippen MR) is 85.9 cm³/mol. The van der Waals surface area contributed by atoms with Crippen LogP contribution in [0.5, 0.6) is 0 Å². The highest BCUT2D eigenvalue weighted by Gasteiger charge is 2.14. The van der Waals surface area contributed by atoms with Gasteiger partial charge in [-0.05, 0) is 48.2 Å². The molecule has 0 bridgehead atoms. The Hall–Kier alpha value is -1.36. The predicted octanol–water partition coefficient (Wildman–Crippen LogP) is 3.52. The summed E-state index contributed by atoms with van der Waals surface area (Å²) in [6.45, 7) is 4.11. The van der Waals surface area contributed by atoms with E-state index in [2.05, 4.69) is 4.72 Å². The Morgan fingerprint density at radius 1 is 1.00 bits per heavy atom. The first-order valence-corrected chi connectivity index (χ1v) is 8.65. The number of benzene rings is 2. The van der Waals surface area contributed by atoms with Gasteiger partial charge in [-0.2, -0.15) is 0 Å². The van der Waals surface area contributed by atoms with Gasteiger partial charge in [-0.3, -0.25) is 0 Å². The van der Waals surface area contributed by atoms with Crippen LogP contribution >= 0.6 is 11.6 Å². The van der Waals surface area contributed by atoms with Crippen molar-refractivity contribution in [2.24, 2.45) is 0 Å². The maximum absolute atomic E-state index is 12.3. The van der Waals surface area contributed by atoms with Crippen molar-refractivity contribution in [1.82, 2.24) is 4.72 Å². The second-order valence-corrected chi connectivity index (χ2v) is 7.06. The van der Waals surface area contributed by atoms with Gasteiger partial charge in [0.1, 0.15) is 0 Å². The summed E-state index contributed by atoms with van der Waals surface area (Å²) in [5.74, 6) is 0.414. The summed E-state index contributed by atoms with van der Waals surface area (Å²) in [6.07, 6.45) is 0. The Bertz CT molecular complexity index is 742. The Labute approximate surface area is 131 Å². The summed E-state index contributed by atoms with van der Waals surface area (Å²) in [7, 11) is -3.50. The molecule has 3 nitrogen and oxygen atoms in total. The molecule has 2 rings (SSSR count). The molecule has 0 spiro atoms. The van der Waals surface area contributed by atoms with Crippen LogP contribution in [0.4, 0.5) is 0 Å². The molecule has 0 saturated carbocycles. The fourth-order valence-electron chi connectivity index (χ4n) is 1.97. The van der Waals surface area contributed by atoms with E-state index < -0.39 is 10.0 Å². The Kier molecular flexibility index (Phi) is 5.04. The maximum Gasteiger partial charge on any atom is 0.240 e. The normalized spacial score (nSPS) is 11.6. The van der Waals surface area contributed by atoms with Gasteiger partial charge in [0.25, 0.3) is 0 Å². The molecule has 0 radical (unpaired) electrons. The lowest BCUT2D eigenvalue weighted by atomic mass is 10.1. The summed E-state index contributed by atoms with van der Waals surface area (Å²) in [6, 6.07) is 12.7. The molecule has 21 heavy (non-hydrogen) atoms. The van der Waals surface area contributed by atoms with Crippen LogP contribution in [0.25, 0.3) is 0 Å². The zero-order valence-electron chi connectivity index (χ0n) is 12.1. The molecular weight excluding hydrogens is 306 g/mol. The van der Waals surface area contributed by atoms with Crippen molar-refractivity contribution < 1.29 is 8.42 Å². The number of hydrogen-bond donors (Lipinski definition) is 1. The van der Waals surface area contributed by atoms with Crippen molar-refractivity contribution >= 4 is 21.6 Å². The average Bonchev–Trinajstić information content (AvgIpc) is 2.48.